The van der Waals surface area contributed by atoms with Gasteiger partial charge in [0.15, 0.2) is 0 Å². The number of aromatic nitrogens is 1. The van der Waals surface area contributed by atoms with Crippen LogP contribution in [0.2, 0.25) is 0 Å². The van der Waals surface area contributed by atoms with Crippen LogP contribution >= 0.6 is 11.3 Å². The molecule has 0 aliphatic rings. The molecular formula is C17H15NS. The van der Waals surface area contributed by atoms with Crippen molar-refractivity contribution in [1.29, 1.82) is 0 Å². The van der Waals surface area contributed by atoms with Gasteiger partial charge in [0.25, 0.3) is 0 Å². The van der Waals surface area contributed by atoms with E-state index in [4.69, 9.17) is 0 Å². The van der Waals surface area contributed by atoms with Crippen LogP contribution in [0.3, 0.4) is 0 Å². The maximum Gasteiger partial charge on any atom is 0.0748 e. The van der Waals surface area contributed by atoms with E-state index in [9.17, 15) is 0 Å². The molecule has 1 aromatic carbocycles. The molecule has 1 nitrogen and oxygen atoms in total. The molecule has 0 saturated heterocycles. The Hall–Kier alpha value is -1.93. The summed E-state index contributed by atoms with van der Waals surface area (Å²) >= 11 is 1.79. The molecular weight excluding hydrogens is 250 g/mol. The Morgan fingerprint density at radius 1 is 0.947 bits per heavy atom. The molecule has 0 aliphatic carbocycles. The first-order valence-electron chi connectivity index (χ1n) is 6.33. The minimum absolute atomic E-state index is 1.10. The summed E-state index contributed by atoms with van der Waals surface area (Å²) < 4.78 is 0. The largest absolute Gasteiger partial charge is 0.256 e. The highest BCUT2D eigenvalue weighted by molar-refractivity contribution is 7.11. The number of hydrogen-bond donors (Lipinski definition) is 0. The fourth-order valence-corrected chi connectivity index (χ4v) is 3.20. The maximum atomic E-state index is 4.57. The van der Waals surface area contributed by atoms with Crippen LogP contribution in [0.1, 0.15) is 10.4 Å². The van der Waals surface area contributed by atoms with Crippen LogP contribution in [0.5, 0.6) is 0 Å². The SMILES string of the molecule is Cc1cccnc1-c1c(-c2ccccc2)csc1C. The van der Waals surface area contributed by atoms with Gasteiger partial charge < -0.3 is 0 Å². The average molecular weight is 265 g/mol. The summed E-state index contributed by atoms with van der Waals surface area (Å²) in [5.74, 6) is 0. The van der Waals surface area contributed by atoms with E-state index in [-0.39, 0.29) is 0 Å². The molecule has 19 heavy (non-hydrogen) atoms. The van der Waals surface area contributed by atoms with Crippen LogP contribution in [0.4, 0.5) is 0 Å². The van der Waals surface area contributed by atoms with Crippen LogP contribution in [0, 0.1) is 13.8 Å². The highest BCUT2D eigenvalue weighted by Gasteiger charge is 2.14. The summed E-state index contributed by atoms with van der Waals surface area (Å²) in [6, 6.07) is 14.6. The third-order valence-corrected chi connectivity index (χ3v) is 4.22. The zero-order valence-corrected chi connectivity index (χ0v) is 11.9. The Balaban J connectivity index is 2.23. The number of rotatable bonds is 2. The smallest absolute Gasteiger partial charge is 0.0748 e. The number of aryl methyl sites for hydroxylation is 2. The lowest BCUT2D eigenvalue weighted by molar-refractivity contribution is 1.27. The zero-order chi connectivity index (χ0) is 13.2. The summed E-state index contributed by atoms with van der Waals surface area (Å²) in [5.41, 5.74) is 6.13. The van der Waals surface area contributed by atoms with Gasteiger partial charge in [-0.2, -0.15) is 0 Å². The molecule has 2 aromatic heterocycles. The van der Waals surface area contributed by atoms with Gasteiger partial charge in [0.2, 0.25) is 0 Å². The van der Waals surface area contributed by atoms with E-state index >= 15 is 0 Å². The van der Waals surface area contributed by atoms with E-state index < -0.39 is 0 Å². The van der Waals surface area contributed by atoms with E-state index in [0.29, 0.717) is 0 Å². The van der Waals surface area contributed by atoms with Crippen LogP contribution in [0.25, 0.3) is 22.4 Å². The van der Waals surface area contributed by atoms with Gasteiger partial charge in [-0.3, -0.25) is 4.98 Å². The minimum atomic E-state index is 1.10. The molecule has 0 radical (unpaired) electrons. The Labute approximate surface area is 117 Å². The van der Waals surface area contributed by atoms with E-state index in [1.165, 1.54) is 27.1 Å². The molecule has 0 N–H and O–H groups in total. The summed E-state index contributed by atoms with van der Waals surface area (Å²) in [6.07, 6.45) is 1.87. The lowest BCUT2D eigenvalue weighted by Crippen LogP contribution is -1.89. The molecule has 0 atom stereocenters. The molecule has 0 bridgehead atoms. The van der Waals surface area contributed by atoms with Crippen molar-refractivity contribution in [3.8, 4) is 22.4 Å². The van der Waals surface area contributed by atoms with Gasteiger partial charge in [-0.25, -0.2) is 0 Å². The zero-order valence-electron chi connectivity index (χ0n) is 11.1. The summed E-state index contributed by atoms with van der Waals surface area (Å²) in [5, 5.41) is 2.23. The van der Waals surface area contributed by atoms with Gasteiger partial charge in [-0.05, 0) is 36.4 Å². The van der Waals surface area contributed by atoms with Gasteiger partial charge >= 0.3 is 0 Å². The fraction of sp³-hybridized carbons (Fsp3) is 0.118. The third kappa shape index (κ3) is 2.20. The van der Waals surface area contributed by atoms with Crippen molar-refractivity contribution in [2.45, 2.75) is 13.8 Å². The molecule has 0 amide bonds. The first kappa shape index (κ1) is 12.1. The number of hydrogen-bond acceptors (Lipinski definition) is 2. The minimum Gasteiger partial charge on any atom is -0.256 e. The van der Waals surface area contributed by atoms with Crippen molar-refractivity contribution in [2.75, 3.05) is 0 Å². The van der Waals surface area contributed by atoms with Crippen LogP contribution in [0.15, 0.2) is 54.0 Å². The van der Waals surface area contributed by atoms with Crippen molar-refractivity contribution in [2.24, 2.45) is 0 Å². The maximum absolute atomic E-state index is 4.57. The molecule has 94 valence electrons. The molecule has 3 aromatic rings. The van der Waals surface area contributed by atoms with Crippen molar-refractivity contribution >= 4 is 11.3 Å². The van der Waals surface area contributed by atoms with E-state index in [0.717, 1.165) is 5.69 Å². The van der Waals surface area contributed by atoms with Crippen molar-refractivity contribution < 1.29 is 0 Å². The second kappa shape index (κ2) is 4.98. The first-order chi connectivity index (χ1) is 9.27. The standard InChI is InChI=1S/C17H15NS/c1-12-7-6-10-18-17(12)16-13(2)19-11-15(16)14-8-4-3-5-9-14/h3-11H,1-2H3. The quantitative estimate of drug-likeness (QED) is 0.628. The average Bonchev–Trinajstić information content (AvgIpc) is 2.82. The highest BCUT2D eigenvalue weighted by atomic mass is 32.1. The Morgan fingerprint density at radius 2 is 1.74 bits per heavy atom. The Kier molecular flexibility index (Phi) is 3.18. The van der Waals surface area contributed by atoms with Crippen molar-refractivity contribution in [3.63, 3.8) is 0 Å². The molecule has 0 spiro atoms. The Bertz CT molecular complexity index is 698. The van der Waals surface area contributed by atoms with Crippen LogP contribution < -0.4 is 0 Å². The molecule has 0 fully saturated rings. The molecule has 2 heterocycles. The van der Waals surface area contributed by atoms with E-state index in [1.54, 1.807) is 11.3 Å². The molecule has 0 saturated carbocycles. The van der Waals surface area contributed by atoms with Gasteiger partial charge in [-0.15, -0.1) is 11.3 Å². The monoisotopic (exact) mass is 265 g/mol. The Morgan fingerprint density at radius 3 is 2.47 bits per heavy atom. The predicted octanol–water partition coefficient (Wildman–Crippen LogP) is 5.09. The number of thiophene rings is 1. The van der Waals surface area contributed by atoms with E-state index in [1.807, 2.05) is 12.3 Å². The lowest BCUT2D eigenvalue weighted by Gasteiger charge is -2.08. The first-order valence-corrected chi connectivity index (χ1v) is 7.21. The van der Waals surface area contributed by atoms with E-state index in [2.05, 4.69) is 60.6 Å². The van der Waals surface area contributed by atoms with Gasteiger partial charge in [0, 0.05) is 22.2 Å². The number of pyridine rings is 1. The number of benzene rings is 1. The topological polar surface area (TPSA) is 12.9 Å². The molecule has 2 heteroatoms. The summed E-state index contributed by atoms with van der Waals surface area (Å²) in [6.45, 7) is 4.29. The van der Waals surface area contributed by atoms with Gasteiger partial charge in [0.05, 0.1) is 5.69 Å². The van der Waals surface area contributed by atoms with Gasteiger partial charge in [-0.1, -0.05) is 36.4 Å². The summed E-state index contributed by atoms with van der Waals surface area (Å²) in [4.78, 5) is 5.89. The van der Waals surface area contributed by atoms with Crippen LogP contribution in [-0.4, -0.2) is 4.98 Å². The molecule has 0 aliphatic heterocycles. The molecule has 0 unspecified atom stereocenters. The van der Waals surface area contributed by atoms with Crippen molar-refractivity contribution in [1.82, 2.24) is 4.98 Å². The number of nitrogens with zero attached hydrogens (tertiary/aromatic N) is 1. The normalized spacial score (nSPS) is 10.6. The summed E-state index contributed by atoms with van der Waals surface area (Å²) in [7, 11) is 0. The highest BCUT2D eigenvalue weighted by Crippen LogP contribution is 2.38. The molecule has 3 rings (SSSR count). The lowest BCUT2D eigenvalue weighted by atomic mass is 9.98. The third-order valence-electron chi connectivity index (χ3n) is 3.31. The van der Waals surface area contributed by atoms with Crippen molar-refractivity contribution in [3.05, 3.63) is 64.5 Å². The van der Waals surface area contributed by atoms with Crippen LogP contribution in [-0.2, 0) is 0 Å². The predicted molar refractivity (Wildman–Crippen MR) is 82.5 cm³/mol. The second-order valence-corrected chi connectivity index (χ2v) is 5.70. The van der Waals surface area contributed by atoms with Gasteiger partial charge in [0.1, 0.15) is 0 Å². The second-order valence-electron chi connectivity index (χ2n) is 4.62. The fourth-order valence-electron chi connectivity index (χ4n) is 2.33.